The molecular weight excluding hydrogens is 360 g/mol. The highest BCUT2D eigenvalue weighted by Crippen LogP contribution is 2.15. The zero-order valence-electron chi connectivity index (χ0n) is 15.7. The van der Waals surface area contributed by atoms with Gasteiger partial charge in [-0.2, -0.15) is 0 Å². The van der Waals surface area contributed by atoms with E-state index in [1.807, 2.05) is 12.1 Å². The molecule has 146 valence electrons. The van der Waals surface area contributed by atoms with Crippen molar-refractivity contribution in [1.82, 2.24) is 5.32 Å². The molecule has 0 aliphatic rings. The molecule has 0 bridgehead atoms. The molecule has 2 rings (SSSR count). The summed E-state index contributed by atoms with van der Waals surface area (Å²) in [6.07, 6.45) is 2.34. The normalized spacial score (nSPS) is 10.4. The molecule has 28 heavy (non-hydrogen) atoms. The van der Waals surface area contributed by atoms with Crippen molar-refractivity contribution in [2.24, 2.45) is 0 Å². The van der Waals surface area contributed by atoms with E-state index in [0.29, 0.717) is 23.5 Å². The number of benzene rings is 2. The first-order valence-electron chi connectivity index (χ1n) is 8.77. The maximum Gasteiger partial charge on any atom is 0.513 e. The van der Waals surface area contributed by atoms with E-state index in [9.17, 15) is 14.4 Å². The van der Waals surface area contributed by atoms with Crippen molar-refractivity contribution in [3.63, 3.8) is 0 Å². The van der Waals surface area contributed by atoms with Crippen molar-refractivity contribution >= 4 is 23.7 Å². The Kier molecular flexibility index (Phi) is 7.77. The molecule has 0 fully saturated rings. The first-order chi connectivity index (χ1) is 13.5. The molecule has 0 saturated heterocycles. The molecule has 2 amide bonds. The van der Waals surface area contributed by atoms with Gasteiger partial charge < -0.3 is 20.1 Å². The molecule has 0 saturated carbocycles. The Morgan fingerprint density at radius 1 is 1.00 bits per heavy atom. The zero-order valence-corrected chi connectivity index (χ0v) is 15.7. The number of ether oxygens (including phenoxy) is 2. The fourth-order valence-electron chi connectivity index (χ4n) is 2.23. The number of carbonyl (C=O) groups excluding carboxylic acids is 3. The van der Waals surface area contributed by atoms with Gasteiger partial charge in [-0.1, -0.05) is 18.2 Å². The van der Waals surface area contributed by atoms with Crippen molar-refractivity contribution in [2.75, 3.05) is 11.9 Å². The second-order valence-electron chi connectivity index (χ2n) is 5.68. The number of anilines is 1. The quantitative estimate of drug-likeness (QED) is 0.433. The molecule has 2 aromatic carbocycles. The van der Waals surface area contributed by atoms with E-state index in [-0.39, 0.29) is 18.4 Å². The first-order valence-corrected chi connectivity index (χ1v) is 8.77. The minimum absolute atomic E-state index is 0.157. The molecule has 0 aromatic heterocycles. The highest BCUT2D eigenvalue weighted by molar-refractivity contribution is 6.04. The predicted octanol–water partition coefficient (Wildman–Crippen LogP) is 3.67. The largest absolute Gasteiger partial charge is 0.513 e. The monoisotopic (exact) mass is 382 g/mol. The van der Waals surface area contributed by atoms with E-state index in [2.05, 4.69) is 15.4 Å². The zero-order chi connectivity index (χ0) is 20.4. The summed E-state index contributed by atoms with van der Waals surface area (Å²) in [5.41, 5.74) is 1.95. The van der Waals surface area contributed by atoms with Crippen molar-refractivity contribution in [3.05, 3.63) is 71.8 Å². The van der Waals surface area contributed by atoms with E-state index in [1.165, 1.54) is 18.2 Å². The lowest BCUT2D eigenvalue weighted by Crippen LogP contribution is -2.20. The van der Waals surface area contributed by atoms with Crippen LogP contribution in [0, 0.1) is 0 Å². The number of nitrogens with one attached hydrogen (secondary N) is 2. The Morgan fingerprint density at radius 3 is 2.29 bits per heavy atom. The molecule has 2 N–H and O–H groups in total. The van der Waals surface area contributed by atoms with Gasteiger partial charge in [0.05, 0.1) is 6.61 Å². The summed E-state index contributed by atoms with van der Waals surface area (Å²) in [6.45, 7) is 4.08. The molecule has 0 aliphatic carbocycles. The summed E-state index contributed by atoms with van der Waals surface area (Å²) in [5, 5.41) is 5.54. The number of hydrogen-bond acceptors (Lipinski definition) is 5. The van der Waals surface area contributed by atoms with Crippen molar-refractivity contribution in [2.45, 2.75) is 20.4 Å². The topological polar surface area (TPSA) is 93.7 Å². The summed E-state index contributed by atoms with van der Waals surface area (Å²) >= 11 is 0. The van der Waals surface area contributed by atoms with Crippen LogP contribution in [-0.4, -0.2) is 24.6 Å². The van der Waals surface area contributed by atoms with Gasteiger partial charge in [-0.3, -0.25) is 9.59 Å². The Morgan fingerprint density at radius 2 is 1.68 bits per heavy atom. The van der Waals surface area contributed by atoms with Crippen LogP contribution in [0.5, 0.6) is 5.75 Å². The number of carbonyl (C=O) groups is 3. The molecule has 0 spiro atoms. The molecule has 0 radical (unpaired) electrons. The van der Waals surface area contributed by atoms with Crippen LogP contribution in [0.4, 0.5) is 10.5 Å². The van der Waals surface area contributed by atoms with Gasteiger partial charge in [-0.25, -0.2) is 4.79 Å². The van der Waals surface area contributed by atoms with Gasteiger partial charge >= 0.3 is 6.16 Å². The average Bonchev–Trinajstić information content (AvgIpc) is 2.68. The van der Waals surface area contributed by atoms with Crippen LogP contribution in [0.15, 0.2) is 60.7 Å². The molecule has 0 atom stereocenters. The van der Waals surface area contributed by atoms with Gasteiger partial charge in [-0.15, -0.1) is 0 Å². The number of amides is 2. The molecule has 2 aromatic rings. The van der Waals surface area contributed by atoms with Gasteiger partial charge in [0.1, 0.15) is 5.75 Å². The summed E-state index contributed by atoms with van der Waals surface area (Å²) in [4.78, 5) is 35.0. The van der Waals surface area contributed by atoms with Gasteiger partial charge in [0.25, 0.3) is 5.91 Å². The van der Waals surface area contributed by atoms with Crippen LogP contribution >= 0.6 is 0 Å². The van der Waals surface area contributed by atoms with E-state index >= 15 is 0 Å². The fourth-order valence-corrected chi connectivity index (χ4v) is 2.23. The Hall–Kier alpha value is -3.61. The average molecular weight is 382 g/mol. The number of rotatable bonds is 7. The Balaban J connectivity index is 1.90. The van der Waals surface area contributed by atoms with E-state index < -0.39 is 6.16 Å². The van der Waals surface area contributed by atoms with E-state index in [4.69, 9.17) is 4.74 Å². The SMILES string of the molecule is C/C=C/C(=O)NCc1ccc(NC(=O)c2ccc(OC(=O)OCC)cc2)cc1. The lowest BCUT2D eigenvalue weighted by Gasteiger charge is -2.08. The first kappa shape index (κ1) is 20.7. The maximum absolute atomic E-state index is 12.3. The minimum Gasteiger partial charge on any atom is -0.434 e. The molecule has 0 aliphatic heterocycles. The third-order valence-electron chi connectivity index (χ3n) is 3.58. The molecule has 0 heterocycles. The predicted molar refractivity (Wildman–Crippen MR) is 105 cm³/mol. The summed E-state index contributed by atoms with van der Waals surface area (Å²) in [7, 11) is 0. The second kappa shape index (κ2) is 10.5. The maximum atomic E-state index is 12.3. The standard InChI is InChI=1S/C21H22N2O5/c1-3-5-19(24)22-14-15-6-10-17(11-7-15)23-20(25)16-8-12-18(13-9-16)28-21(26)27-4-2/h3,5-13H,4,14H2,1-2H3,(H,22,24)(H,23,25)/b5-3+. The van der Waals surface area contributed by atoms with Crippen LogP contribution in [-0.2, 0) is 16.1 Å². The Bertz CT molecular complexity index is 842. The van der Waals surface area contributed by atoms with Gasteiger partial charge in [0, 0.05) is 17.8 Å². The fraction of sp³-hybridized carbons (Fsp3) is 0.190. The van der Waals surface area contributed by atoms with Crippen LogP contribution in [0.2, 0.25) is 0 Å². The molecule has 0 unspecified atom stereocenters. The van der Waals surface area contributed by atoms with E-state index in [0.717, 1.165) is 5.56 Å². The van der Waals surface area contributed by atoms with Crippen LogP contribution in [0.25, 0.3) is 0 Å². The smallest absolute Gasteiger partial charge is 0.434 e. The van der Waals surface area contributed by atoms with Crippen molar-refractivity contribution in [1.29, 1.82) is 0 Å². The minimum atomic E-state index is -0.790. The highest BCUT2D eigenvalue weighted by Gasteiger charge is 2.09. The molecule has 7 heteroatoms. The number of hydrogen-bond donors (Lipinski definition) is 2. The third kappa shape index (κ3) is 6.60. The second-order valence-corrected chi connectivity index (χ2v) is 5.68. The van der Waals surface area contributed by atoms with Crippen LogP contribution in [0.3, 0.4) is 0 Å². The van der Waals surface area contributed by atoms with Crippen molar-refractivity contribution < 1.29 is 23.9 Å². The lowest BCUT2D eigenvalue weighted by molar-refractivity contribution is -0.116. The van der Waals surface area contributed by atoms with Crippen molar-refractivity contribution in [3.8, 4) is 5.75 Å². The Labute approximate surface area is 163 Å². The summed E-state index contributed by atoms with van der Waals surface area (Å²) < 4.78 is 9.64. The highest BCUT2D eigenvalue weighted by atomic mass is 16.7. The third-order valence-corrected chi connectivity index (χ3v) is 3.58. The summed E-state index contributed by atoms with van der Waals surface area (Å²) in [6, 6.07) is 13.3. The van der Waals surface area contributed by atoms with Crippen LogP contribution < -0.4 is 15.4 Å². The lowest BCUT2D eigenvalue weighted by atomic mass is 10.1. The number of allylic oxidation sites excluding steroid dienone is 1. The molecule has 7 nitrogen and oxygen atoms in total. The van der Waals surface area contributed by atoms with Crippen LogP contribution in [0.1, 0.15) is 29.8 Å². The van der Waals surface area contributed by atoms with Gasteiger partial charge in [-0.05, 0) is 61.9 Å². The molecular formula is C21H22N2O5. The van der Waals surface area contributed by atoms with E-state index in [1.54, 1.807) is 44.2 Å². The summed E-state index contributed by atoms with van der Waals surface area (Å²) in [5.74, 6) is -0.161. The van der Waals surface area contributed by atoms with Gasteiger partial charge in [0.2, 0.25) is 5.91 Å². The van der Waals surface area contributed by atoms with Gasteiger partial charge in [0.15, 0.2) is 0 Å².